The molecule has 0 N–H and O–H groups in total. The van der Waals surface area contributed by atoms with Crippen molar-refractivity contribution in [2.45, 2.75) is 32.4 Å². The average Bonchev–Trinajstić information content (AvgIpc) is 2.64. The Morgan fingerprint density at radius 1 is 1.08 bits per heavy atom. The molecule has 25 heavy (non-hydrogen) atoms. The standard InChI is InChI=1S/C21H26N2O2/c1-17(24)23(19-9-4-3-5-10-19)20-12-14-22(15-13-20)16-18-8-6-7-11-21(18)25-2/h3-11,20H,12-16H2,1-2H3. The number of likely N-dealkylation sites (tertiary alicyclic amines) is 1. The van der Waals surface area contributed by atoms with Gasteiger partial charge in [0.25, 0.3) is 0 Å². The minimum Gasteiger partial charge on any atom is -0.496 e. The largest absolute Gasteiger partial charge is 0.496 e. The van der Waals surface area contributed by atoms with Gasteiger partial charge in [0, 0.05) is 43.9 Å². The number of hydrogen-bond acceptors (Lipinski definition) is 3. The van der Waals surface area contributed by atoms with Gasteiger partial charge in [0.2, 0.25) is 5.91 Å². The van der Waals surface area contributed by atoms with Gasteiger partial charge < -0.3 is 9.64 Å². The second kappa shape index (κ2) is 8.17. The summed E-state index contributed by atoms with van der Waals surface area (Å²) in [5.41, 5.74) is 2.22. The maximum Gasteiger partial charge on any atom is 0.224 e. The van der Waals surface area contributed by atoms with E-state index in [1.54, 1.807) is 14.0 Å². The van der Waals surface area contributed by atoms with Gasteiger partial charge >= 0.3 is 0 Å². The Balaban J connectivity index is 1.64. The van der Waals surface area contributed by atoms with Crippen molar-refractivity contribution >= 4 is 11.6 Å². The number of ether oxygens (including phenoxy) is 1. The van der Waals surface area contributed by atoms with Gasteiger partial charge in [-0.2, -0.15) is 0 Å². The summed E-state index contributed by atoms with van der Waals surface area (Å²) in [5.74, 6) is 1.06. The fourth-order valence-electron chi connectivity index (χ4n) is 3.65. The van der Waals surface area contributed by atoms with E-state index in [2.05, 4.69) is 17.0 Å². The molecule has 0 atom stereocenters. The number of piperidine rings is 1. The first-order chi connectivity index (χ1) is 12.2. The molecule has 132 valence electrons. The summed E-state index contributed by atoms with van der Waals surface area (Å²) >= 11 is 0. The Morgan fingerprint density at radius 2 is 1.72 bits per heavy atom. The maximum absolute atomic E-state index is 12.2. The molecule has 4 nitrogen and oxygen atoms in total. The summed E-state index contributed by atoms with van der Waals surface area (Å²) in [7, 11) is 1.72. The number of para-hydroxylation sites is 2. The lowest BCUT2D eigenvalue weighted by molar-refractivity contribution is -0.117. The Kier molecular flexibility index (Phi) is 5.71. The Bertz CT molecular complexity index is 694. The molecule has 0 unspecified atom stereocenters. The highest BCUT2D eigenvalue weighted by atomic mass is 16.5. The predicted molar refractivity (Wildman–Crippen MR) is 101 cm³/mol. The molecule has 1 aliphatic rings. The molecular weight excluding hydrogens is 312 g/mol. The number of carbonyl (C=O) groups excluding carboxylic acids is 1. The van der Waals surface area contributed by atoms with Gasteiger partial charge in [0.05, 0.1) is 7.11 Å². The molecule has 1 aliphatic heterocycles. The number of carbonyl (C=O) groups is 1. The van der Waals surface area contributed by atoms with E-state index in [1.165, 1.54) is 5.56 Å². The van der Waals surface area contributed by atoms with Gasteiger partial charge in [-0.1, -0.05) is 36.4 Å². The predicted octanol–water partition coefficient (Wildman–Crippen LogP) is 3.71. The summed E-state index contributed by atoms with van der Waals surface area (Å²) < 4.78 is 5.46. The van der Waals surface area contributed by atoms with Gasteiger partial charge in [-0.25, -0.2) is 0 Å². The number of hydrogen-bond donors (Lipinski definition) is 0. The summed E-state index contributed by atoms with van der Waals surface area (Å²) in [4.78, 5) is 16.6. The van der Waals surface area contributed by atoms with E-state index in [0.29, 0.717) is 0 Å². The molecular formula is C21H26N2O2. The lowest BCUT2D eigenvalue weighted by atomic mass is 10.0. The molecule has 1 fully saturated rings. The number of nitrogens with zero attached hydrogens (tertiary/aromatic N) is 2. The molecule has 0 bridgehead atoms. The van der Waals surface area contributed by atoms with Crippen LogP contribution in [-0.2, 0) is 11.3 Å². The van der Waals surface area contributed by atoms with Crippen LogP contribution in [0.4, 0.5) is 5.69 Å². The van der Waals surface area contributed by atoms with E-state index in [4.69, 9.17) is 4.74 Å². The third-order valence-electron chi connectivity index (χ3n) is 4.88. The highest BCUT2D eigenvalue weighted by Gasteiger charge is 2.27. The van der Waals surface area contributed by atoms with E-state index < -0.39 is 0 Å². The smallest absolute Gasteiger partial charge is 0.224 e. The first kappa shape index (κ1) is 17.5. The third-order valence-corrected chi connectivity index (χ3v) is 4.88. The van der Waals surface area contributed by atoms with Crippen LogP contribution in [0.5, 0.6) is 5.75 Å². The van der Waals surface area contributed by atoms with Crippen molar-refractivity contribution in [1.82, 2.24) is 4.90 Å². The number of rotatable bonds is 5. The molecule has 3 rings (SSSR count). The summed E-state index contributed by atoms with van der Waals surface area (Å²) in [6.45, 7) is 4.52. The van der Waals surface area contributed by atoms with Crippen LogP contribution in [0, 0.1) is 0 Å². The second-order valence-corrected chi connectivity index (χ2v) is 6.54. The zero-order valence-electron chi connectivity index (χ0n) is 15.0. The number of amides is 1. The minimum absolute atomic E-state index is 0.120. The average molecular weight is 338 g/mol. The van der Waals surface area contributed by atoms with Crippen LogP contribution in [0.1, 0.15) is 25.3 Å². The van der Waals surface area contributed by atoms with Crippen molar-refractivity contribution < 1.29 is 9.53 Å². The summed E-state index contributed by atoms with van der Waals surface area (Å²) in [5, 5.41) is 0. The van der Waals surface area contributed by atoms with E-state index in [9.17, 15) is 4.79 Å². The van der Waals surface area contributed by atoms with Crippen molar-refractivity contribution in [3.05, 3.63) is 60.2 Å². The zero-order chi connectivity index (χ0) is 17.6. The van der Waals surface area contributed by atoms with Crippen molar-refractivity contribution in [2.24, 2.45) is 0 Å². The molecule has 0 aliphatic carbocycles. The van der Waals surface area contributed by atoms with Crippen LogP contribution >= 0.6 is 0 Å². The highest BCUT2D eigenvalue weighted by Crippen LogP contribution is 2.26. The van der Waals surface area contributed by atoms with Gasteiger partial charge in [0.15, 0.2) is 0 Å². The van der Waals surface area contributed by atoms with Crippen LogP contribution in [-0.4, -0.2) is 37.0 Å². The molecule has 1 saturated heterocycles. The van der Waals surface area contributed by atoms with Crippen LogP contribution in [0.3, 0.4) is 0 Å². The molecule has 4 heteroatoms. The molecule has 2 aromatic carbocycles. The van der Waals surface area contributed by atoms with E-state index in [1.807, 2.05) is 47.4 Å². The van der Waals surface area contributed by atoms with E-state index in [-0.39, 0.29) is 11.9 Å². The van der Waals surface area contributed by atoms with E-state index >= 15 is 0 Å². The molecule has 1 amide bonds. The second-order valence-electron chi connectivity index (χ2n) is 6.54. The van der Waals surface area contributed by atoms with Crippen LogP contribution < -0.4 is 9.64 Å². The topological polar surface area (TPSA) is 32.8 Å². The fraction of sp³-hybridized carbons (Fsp3) is 0.381. The van der Waals surface area contributed by atoms with Gasteiger partial charge in [0.1, 0.15) is 5.75 Å². The molecule has 0 radical (unpaired) electrons. The van der Waals surface area contributed by atoms with Crippen molar-refractivity contribution in [2.75, 3.05) is 25.1 Å². The van der Waals surface area contributed by atoms with Gasteiger partial charge in [-0.15, -0.1) is 0 Å². The normalized spacial score (nSPS) is 15.8. The molecule has 1 heterocycles. The van der Waals surface area contributed by atoms with E-state index in [0.717, 1.165) is 43.9 Å². The zero-order valence-corrected chi connectivity index (χ0v) is 15.0. The van der Waals surface area contributed by atoms with Crippen molar-refractivity contribution in [3.8, 4) is 5.75 Å². The van der Waals surface area contributed by atoms with Crippen LogP contribution in [0.15, 0.2) is 54.6 Å². The Labute approximate surface area is 150 Å². The quantitative estimate of drug-likeness (QED) is 0.833. The van der Waals surface area contributed by atoms with Gasteiger partial charge in [-0.3, -0.25) is 9.69 Å². The SMILES string of the molecule is COc1ccccc1CN1CCC(N(C(C)=O)c2ccccc2)CC1. The number of anilines is 1. The summed E-state index contributed by atoms with van der Waals surface area (Å²) in [6.07, 6.45) is 1.98. The first-order valence-electron chi connectivity index (χ1n) is 8.88. The molecule has 2 aromatic rings. The number of benzene rings is 2. The highest BCUT2D eigenvalue weighted by molar-refractivity contribution is 5.92. The van der Waals surface area contributed by atoms with Crippen LogP contribution in [0.2, 0.25) is 0 Å². The monoisotopic (exact) mass is 338 g/mol. The number of methoxy groups -OCH3 is 1. The first-order valence-corrected chi connectivity index (χ1v) is 8.88. The Hall–Kier alpha value is -2.33. The minimum atomic E-state index is 0.120. The maximum atomic E-state index is 12.2. The third kappa shape index (κ3) is 4.20. The van der Waals surface area contributed by atoms with Gasteiger partial charge in [-0.05, 0) is 31.0 Å². The molecule has 0 aromatic heterocycles. The molecule has 0 spiro atoms. The fourth-order valence-corrected chi connectivity index (χ4v) is 3.65. The lowest BCUT2D eigenvalue weighted by Gasteiger charge is -2.38. The Morgan fingerprint density at radius 3 is 2.36 bits per heavy atom. The molecule has 0 saturated carbocycles. The summed E-state index contributed by atoms with van der Waals surface area (Å²) in [6, 6.07) is 18.4. The van der Waals surface area contributed by atoms with Crippen molar-refractivity contribution in [3.63, 3.8) is 0 Å². The van der Waals surface area contributed by atoms with Crippen LogP contribution in [0.25, 0.3) is 0 Å². The van der Waals surface area contributed by atoms with Crippen molar-refractivity contribution in [1.29, 1.82) is 0 Å². The lowest BCUT2D eigenvalue weighted by Crippen LogP contribution is -2.46.